The molecule has 278 valence electrons. The quantitative estimate of drug-likeness (QED) is 0.226. The molecule has 14 heteroatoms. The normalized spacial score (nSPS) is 22.5. The van der Waals surface area contributed by atoms with Crippen LogP contribution in [0.25, 0.3) is 11.3 Å². The van der Waals surface area contributed by atoms with Crippen molar-refractivity contribution in [1.29, 1.82) is 0 Å². The molecule has 2 aliphatic heterocycles. The van der Waals surface area contributed by atoms with Crippen LogP contribution in [0.3, 0.4) is 0 Å². The third-order valence-corrected chi connectivity index (χ3v) is 14.3. The van der Waals surface area contributed by atoms with Gasteiger partial charge >= 0.3 is 14.6 Å². The number of benzene rings is 1. The summed E-state index contributed by atoms with van der Waals surface area (Å²) in [6, 6.07) is 6.08. The highest BCUT2D eigenvalue weighted by Gasteiger charge is 2.63. The molecule has 2 aromatic heterocycles. The molecule has 4 atom stereocenters. The van der Waals surface area contributed by atoms with Crippen LogP contribution in [-0.2, 0) is 15.7 Å². The molecule has 0 saturated carbocycles. The summed E-state index contributed by atoms with van der Waals surface area (Å²) in [5.74, 6) is -3.05. The number of fused-ring (bicyclic) bond motifs is 1. The standard InChI is InChI=1S/C37H50F3N5O5Si/c1-22-19-44(20-30-33(22)50-51(10,36(5,6)7)45(30)34(46)49-35(2,3)4)29-13-14-41-18-28(29)42-17-23-11-12-25(38)32(43-23)31-26(39)15-24(16-27(31)40)48-21-37(8,9)47/h11-16,18,22,30,33,42,47H,17,19-21H2,1-10H3/t22-,30+,33+,51?/m0/s1. The fraction of sp³-hybridized carbons (Fsp3) is 0.541. The lowest BCUT2D eigenvalue weighted by Gasteiger charge is -2.45. The lowest BCUT2D eigenvalue weighted by atomic mass is 9.92. The number of carbonyl (C=O) groups excluding carboxylic acids is 1. The van der Waals surface area contributed by atoms with Crippen molar-refractivity contribution in [3.63, 3.8) is 0 Å². The number of nitrogens with zero attached hydrogens (tertiary/aromatic N) is 4. The van der Waals surface area contributed by atoms with E-state index in [2.05, 4.69) is 54.4 Å². The van der Waals surface area contributed by atoms with Gasteiger partial charge in [0.25, 0.3) is 0 Å². The number of halogens is 3. The molecule has 2 aliphatic rings. The fourth-order valence-electron chi connectivity index (χ4n) is 6.51. The van der Waals surface area contributed by atoms with Crippen molar-refractivity contribution in [1.82, 2.24) is 14.5 Å². The Kier molecular flexibility index (Phi) is 10.5. The molecule has 10 nitrogen and oxygen atoms in total. The van der Waals surface area contributed by atoms with Crippen LogP contribution in [0.4, 0.5) is 29.3 Å². The predicted octanol–water partition coefficient (Wildman–Crippen LogP) is 7.66. The Morgan fingerprint density at radius 1 is 1.04 bits per heavy atom. The number of ether oxygens (including phenoxy) is 2. The Labute approximate surface area is 299 Å². The molecule has 3 aromatic rings. The fourth-order valence-corrected chi connectivity index (χ4v) is 9.88. The van der Waals surface area contributed by atoms with Gasteiger partial charge in [0.1, 0.15) is 41.1 Å². The number of amides is 1. The molecular weight excluding hydrogens is 680 g/mol. The predicted molar refractivity (Wildman–Crippen MR) is 192 cm³/mol. The summed E-state index contributed by atoms with van der Waals surface area (Å²) >= 11 is 0. The second-order valence-corrected chi connectivity index (χ2v) is 20.5. The molecule has 2 fully saturated rings. The first-order valence-electron chi connectivity index (χ1n) is 17.2. The first-order chi connectivity index (χ1) is 23.6. The molecule has 51 heavy (non-hydrogen) atoms. The van der Waals surface area contributed by atoms with E-state index in [1.807, 2.05) is 31.4 Å². The van der Waals surface area contributed by atoms with E-state index in [0.29, 0.717) is 24.5 Å². The summed E-state index contributed by atoms with van der Waals surface area (Å²) in [7, 11) is -2.82. The molecule has 1 aromatic carbocycles. The monoisotopic (exact) mass is 729 g/mol. The Hall–Kier alpha value is -3.88. The number of carbonyl (C=O) groups is 1. The third-order valence-electron chi connectivity index (χ3n) is 9.34. The van der Waals surface area contributed by atoms with Crippen molar-refractivity contribution in [2.75, 3.05) is 29.9 Å². The van der Waals surface area contributed by atoms with Gasteiger partial charge < -0.3 is 33.8 Å². The minimum atomic E-state index is -2.82. The van der Waals surface area contributed by atoms with E-state index in [1.54, 1.807) is 12.4 Å². The SMILES string of the molecule is C[C@H]1CN(c2ccncc2NCc2ccc(F)c(-c3c(F)cc(OCC(C)(C)O)cc3F)n2)C[C@@H]2[C@@H]1O[Si](C)(C(C)(C)C)N2C(=O)OC(C)(C)C. The van der Waals surface area contributed by atoms with Crippen molar-refractivity contribution < 1.29 is 37.0 Å². The van der Waals surface area contributed by atoms with Crippen LogP contribution in [0.1, 0.15) is 68.0 Å². The zero-order valence-electron chi connectivity index (χ0n) is 31.1. The van der Waals surface area contributed by atoms with Crippen LogP contribution in [0.2, 0.25) is 11.6 Å². The maximum atomic E-state index is 15.2. The van der Waals surface area contributed by atoms with Crippen molar-refractivity contribution >= 4 is 25.9 Å². The molecule has 1 amide bonds. The van der Waals surface area contributed by atoms with Crippen LogP contribution in [0.15, 0.2) is 42.7 Å². The molecule has 0 bridgehead atoms. The van der Waals surface area contributed by atoms with Gasteiger partial charge in [-0.15, -0.1) is 0 Å². The van der Waals surface area contributed by atoms with Crippen LogP contribution in [-0.4, -0.2) is 77.3 Å². The molecule has 0 aliphatic carbocycles. The van der Waals surface area contributed by atoms with E-state index in [1.165, 1.54) is 19.9 Å². The van der Waals surface area contributed by atoms with Crippen LogP contribution < -0.4 is 15.0 Å². The van der Waals surface area contributed by atoms with Crippen molar-refractivity contribution in [3.05, 3.63) is 65.9 Å². The molecular formula is C37H50F3N5O5Si. The highest BCUT2D eigenvalue weighted by Crippen LogP contribution is 2.49. The van der Waals surface area contributed by atoms with Gasteiger partial charge in [0.2, 0.25) is 0 Å². The lowest BCUT2D eigenvalue weighted by molar-refractivity contribution is 0.0280. The zero-order valence-corrected chi connectivity index (χ0v) is 32.1. The summed E-state index contributed by atoms with van der Waals surface area (Å²) in [5, 5.41) is 12.9. The summed E-state index contributed by atoms with van der Waals surface area (Å²) in [4.78, 5) is 24.7. The number of aromatic nitrogens is 2. The smallest absolute Gasteiger partial charge is 0.404 e. The average Bonchev–Trinajstić information content (AvgIpc) is 3.33. The van der Waals surface area contributed by atoms with E-state index in [-0.39, 0.29) is 48.1 Å². The number of aliphatic hydroxyl groups is 1. The Morgan fingerprint density at radius 2 is 1.71 bits per heavy atom. The summed E-state index contributed by atoms with van der Waals surface area (Å²) < 4.78 is 65.4. The third kappa shape index (κ3) is 8.28. The van der Waals surface area contributed by atoms with Crippen molar-refractivity contribution in [2.45, 2.75) is 104 Å². The second kappa shape index (κ2) is 13.9. The number of hydrogen-bond donors (Lipinski definition) is 2. The lowest BCUT2D eigenvalue weighted by Crippen LogP contribution is -2.62. The van der Waals surface area contributed by atoms with Crippen molar-refractivity contribution in [3.8, 4) is 17.0 Å². The van der Waals surface area contributed by atoms with Gasteiger partial charge in [-0.3, -0.25) is 4.98 Å². The Morgan fingerprint density at radius 3 is 2.31 bits per heavy atom. The minimum absolute atomic E-state index is 0.0735. The molecule has 4 heterocycles. The van der Waals surface area contributed by atoms with Crippen LogP contribution >= 0.6 is 0 Å². The first kappa shape index (κ1) is 38.4. The molecule has 0 spiro atoms. The van der Waals surface area contributed by atoms with Gasteiger partial charge in [0, 0.05) is 37.3 Å². The Bertz CT molecular complexity index is 1740. The van der Waals surface area contributed by atoms with Gasteiger partial charge in [0.15, 0.2) is 0 Å². The number of piperidine rings is 1. The number of nitrogens with one attached hydrogen (secondary N) is 1. The van der Waals surface area contributed by atoms with Gasteiger partial charge in [-0.05, 0) is 64.4 Å². The summed E-state index contributed by atoms with van der Waals surface area (Å²) in [6.45, 7) is 20.2. The van der Waals surface area contributed by atoms with Gasteiger partial charge in [0.05, 0.1) is 53.1 Å². The topological polar surface area (TPSA) is 109 Å². The number of hydrogen-bond acceptors (Lipinski definition) is 9. The maximum Gasteiger partial charge on any atom is 0.404 e. The number of pyridine rings is 2. The van der Waals surface area contributed by atoms with E-state index in [0.717, 1.165) is 23.9 Å². The molecule has 2 N–H and O–H groups in total. The largest absolute Gasteiger partial charge is 0.490 e. The first-order valence-corrected chi connectivity index (χ1v) is 19.6. The average molecular weight is 730 g/mol. The van der Waals surface area contributed by atoms with E-state index < -0.39 is 48.4 Å². The van der Waals surface area contributed by atoms with Crippen LogP contribution in [0, 0.1) is 23.4 Å². The molecule has 1 unspecified atom stereocenters. The van der Waals surface area contributed by atoms with E-state index in [9.17, 15) is 9.90 Å². The summed E-state index contributed by atoms with van der Waals surface area (Å²) in [5.41, 5.74) is -1.15. The molecule has 2 saturated heterocycles. The summed E-state index contributed by atoms with van der Waals surface area (Å²) in [6.07, 6.45) is 2.83. The number of anilines is 2. The van der Waals surface area contributed by atoms with Crippen LogP contribution in [0.5, 0.6) is 5.75 Å². The van der Waals surface area contributed by atoms with Crippen molar-refractivity contribution in [2.24, 2.45) is 5.92 Å². The second-order valence-electron chi connectivity index (χ2n) is 16.4. The highest BCUT2D eigenvalue weighted by molar-refractivity contribution is 6.75. The Balaban J connectivity index is 1.39. The zero-order chi connectivity index (χ0) is 37.7. The van der Waals surface area contributed by atoms with E-state index >= 15 is 13.2 Å². The molecule has 5 rings (SSSR count). The van der Waals surface area contributed by atoms with Gasteiger partial charge in [-0.2, -0.15) is 0 Å². The maximum absolute atomic E-state index is 15.2. The number of rotatable bonds is 8. The molecule has 0 radical (unpaired) electrons. The minimum Gasteiger partial charge on any atom is -0.490 e. The van der Waals surface area contributed by atoms with E-state index in [4.69, 9.17) is 13.9 Å². The van der Waals surface area contributed by atoms with Gasteiger partial charge in [-0.25, -0.2) is 22.9 Å². The highest BCUT2D eigenvalue weighted by atomic mass is 28.4. The van der Waals surface area contributed by atoms with Gasteiger partial charge in [-0.1, -0.05) is 27.7 Å².